The Hall–Kier alpha value is -11.2. The minimum Gasteiger partial charge on any atom is -0.496 e. The number of carbonyl (C=O) groups excluding carboxylic acids is 1. The molecular weight excluding hydrogens is 1610 g/mol. The Balaban J connectivity index is 0.000000142. The lowest BCUT2D eigenvalue weighted by Crippen LogP contribution is -2.42. The van der Waals surface area contributed by atoms with Crippen LogP contribution in [0.5, 0.6) is 11.5 Å². The predicted molar refractivity (Wildman–Crippen MR) is 510 cm³/mol. The van der Waals surface area contributed by atoms with Gasteiger partial charge in [-0.25, -0.2) is 19.3 Å². The highest BCUT2D eigenvalue weighted by Gasteiger charge is 2.41. The van der Waals surface area contributed by atoms with Gasteiger partial charge in [-0.1, -0.05) is 159 Å². The summed E-state index contributed by atoms with van der Waals surface area (Å²) in [6.45, 7) is 23.1. The molecule has 5 aliphatic rings. The fourth-order valence-corrected chi connectivity index (χ4v) is 18.9. The van der Waals surface area contributed by atoms with Crippen LogP contribution in [0.2, 0.25) is 5.02 Å². The van der Waals surface area contributed by atoms with Gasteiger partial charge in [0.05, 0.1) is 64.1 Å². The van der Waals surface area contributed by atoms with Gasteiger partial charge in [-0.2, -0.15) is 15.8 Å². The number of benzene rings is 8. The number of ether oxygens (including phenoxy) is 2. The molecule has 8 aromatic carbocycles. The molecule has 1 amide bonds. The van der Waals surface area contributed by atoms with E-state index in [2.05, 4.69) is 166 Å². The first kappa shape index (κ1) is 89.5. The number of hydrogen-bond acceptors (Lipinski definition) is 16. The number of hydrogen-bond donors (Lipinski definition) is 1. The maximum atomic E-state index is 13.9. The molecule has 2 atom stereocenters. The van der Waals surface area contributed by atoms with Crippen molar-refractivity contribution < 1.29 is 18.7 Å². The highest BCUT2D eigenvalue weighted by atomic mass is 35.5. The van der Waals surface area contributed by atoms with E-state index in [0.717, 1.165) is 205 Å². The van der Waals surface area contributed by atoms with Gasteiger partial charge in [-0.05, 0) is 239 Å². The number of para-hydroxylation sites is 3. The molecule has 634 valence electrons. The van der Waals surface area contributed by atoms with Gasteiger partial charge in [0, 0.05) is 137 Å². The zero-order valence-electron chi connectivity index (χ0n) is 71.7. The molecule has 2 unspecified atom stereocenters. The number of piperidine rings is 1. The number of aryl methyl sites for hydroxylation is 5. The van der Waals surface area contributed by atoms with Gasteiger partial charge in [0.1, 0.15) is 53.0 Å². The quantitative estimate of drug-likeness (QED) is 0.0754. The Morgan fingerprint density at radius 1 is 0.528 bits per heavy atom. The number of pyridine rings is 3. The Morgan fingerprint density at radius 2 is 1.08 bits per heavy atom. The third-order valence-corrected chi connectivity index (χ3v) is 25.6. The largest absolute Gasteiger partial charge is 0.496 e. The number of nitrogens with one attached hydrogen (secondary N) is 1. The molecule has 123 heavy (non-hydrogen) atoms. The number of thiocarbonyl (C=S) groups is 3. The Labute approximate surface area is 746 Å². The van der Waals surface area contributed by atoms with Crippen LogP contribution >= 0.6 is 48.3 Å². The van der Waals surface area contributed by atoms with E-state index in [1.54, 1.807) is 30.2 Å². The number of fused-ring (bicyclic) bond motifs is 5. The molecule has 2 bridgehead atoms. The summed E-state index contributed by atoms with van der Waals surface area (Å²) < 4.78 is 25.1. The highest BCUT2D eigenvalue weighted by molar-refractivity contribution is 7.80. The summed E-state index contributed by atoms with van der Waals surface area (Å²) in [5.41, 5.74) is 15.6. The van der Waals surface area contributed by atoms with Crippen molar-refractivity contribution in [3.63, 3.8) is 0 Å². The fourth-order valence-electron chi connectivity index (χ4n) is 17.7. The number of halogens is 2. The van der Waals surface area contributed by atoms with Crippen molar-refractivity contribution in [1.29, 1.82) is 15.8 Å². The van der Waals surface area contributed by atoms with Crippen molar-refractivity contribution in [3.8, 4) is 29.7 Å². The molecule has 5 aliphatic heterocycles. The van der Waals surface area contributed by atoms with E-state index in [-0.39, 0.29) is 18.1 Å². The first-order chi connectivity index (χ1) is 59.8. The van der Waals surface area contributed by atoms with Crippen molar-refractivity contribution >= 4 is 125 Å². The van der Waals surface area contributed by atoms with Crippen LogP contribution in [0.15, 0.2) is 188 Å². The second-order valence-electron chi connectivity index (χ2n) is 32.7. The molecule has 22 heteroatoms. The minimum atomic E-state index is -0.349. The molecule has 8 heterocycles. The molecule has 5 saturated heterocycles. The molecule has 0 saturated carbocycles. The van der Waals surface area contributed by atoms with E-state index in [9.17, 15) is 25.0 Å². The number of carbonyl (C=O) groups is 1. The minimum absolute atomic E-state index is 0.0600. The van der Waals surface area contributed by atoms with Crippen molar-refractivity contribution in [2.45, 2.75) is 144 Å². The lowest BCUT2D eigenvalue weighted by atomic mass is 9.86. The Kier molecular flexibility index (Phi) is 31.5. The molecule has 11 aromatic rings. The third-order valence-electron chi connectivity index (χ3n) is 24.1. The summed E-state index contributed by atoms with van der Waals surface area (Å²) in [6.07, 6.45) is 12.7. The van der Waals surface area contributed by atoms with Crippen LogP contribution in [0.1, 0.15) is 138 Å². The topological polar surface area (TPSA) is 180 Å². The van der Waals surface area contributed by atoms with Crippen LogP contribution in [0.25, 0.3) is 32.7 Å². The summed E-state index contributed by atoms with van der Waals surface area (Å²) in [5.74, 6) is 4.20. The van der Waals surface area contributed by atoms with E-state index in [4.69, 9.17) is 72.7 Å². The van der Waals surface area contributed by atoms with E-state index in [1.807, 2.05) is 91.9 Å². The zero-order valence-corrected chi connectivity index (χ0v) is 74.9. The van der Waals surface area contributed by atoms with Gasteiger partial charge >= 0.3 is 0 Å². The summed E-state index contributed by atoms with van der Waals surface area (Å²) in [5, 5.41) is 37.3. The Bertz CT molecular complexity index is 5720. The lowest BCUT2D eigenvalue weighted by molar-refractivity contribution is -0.130. The number of nitriles is 3. The van der Waals surface area contributed by atoms with Crippen molar-refractivity contribution in [2.75, 3.05) is 112 Å². The molecule has 1 N–H and O–H groups in total. The van der Waals surface area contributed by atoms with E-state index < -0.39 is 0 Å². The number of aromatic nitrogens is 3. The van der Waals surface area contributed by atoms with Gasteiger partial charge in [-0.15, -0.1) is 0 Å². The van der Waals surface area contributed by atoms with Gasteiger partial charge < -0.3 is 44.2 Å². The lowest BCUT2D eigenvalue weighted by Gasteiger charge is -2.39. The third kappa shape index (κ3) is 23.2. The molecular formula is C101H110ClFN14O3S3. The normalized spacial score (nSPS) is 16.5. The molecule has 16 rings (SSSR count). The first-order valence-electron chi connectivity index (χ1n) is 43.2. The number of rotatable bonds is 19. The SMILES string of the molecule is CCCc1ccc2nc(N3CCCN(C(=O)Cc4ccccc4F)CC3)c(C#N)cc2c1.CCOc1ccccc1NC(=S)N1CCCN(c2nc3cc(C)c(C)cc3cc2C#N)CC1.COc1ccccc1CC(=S)N1CCCN(c2nc3cc(C)cc(C)c3cc2C#N)CC1.S=C(Cc1ccccc1Cl)CC1CC2CCC(C1)N2Cc1ccccc1. The van der Waals surface area contributed by atoms with Gasteiger partial charge in [0.25, 0.3) is 0 Å². The average Bonchev–Trinajstić information content (AvgIpc) is 1.64. The van der Waals surface area contributed by atoms with E-state index in [0.29, 0.717) is 72.4 Å². The number of methoxy groups -OCH3 is 1. The van der Waals surface area contributed by atoms with Crippen LogP contribution in [0, 0.1) is 73.4 Å². The van der Waals surface area contributed by atoms with Crippen LogP contribution in [-0.2, 0) is 37.0 Å². The Morgan fingerprint density at radius 3 is 1.72 bits per heavy atom. The second kappa shape index (κ2) is 43.2. The molecule has 3 aromatic heterocycles. The van der Waals surface area contributed by atoms with Crippen LogP contribution in [-0.4, -0.2) is 160 Å². The van der Waals surface area contributed by atoms with Gasteiger partial charge in [0.15, 0.2) is 5.11 Å². The number of amides is 1. The number of nitrogens with zero attached hydrogens (tertiary/aromatic N) is 13. The maximum Gasteiger partial charge on any atom is 0.227 e. The predicted octanol–water partition coefficient (Wildman–Crippen LogP) is 20.4. The van der Waals surface area contributed by atoms with Crippen LogP contribution in [0.4, 0.5) is 27.5 Å². The highest BCUT2D eigenvalue weighted by Crippen LogP contribution is 2.42. The van der Waals surface area contributed by atoms with E-state index in [1.165, 1.54) is 70.0 Å². The fraction of sp³-hybridized carbons (Fsp3) is 0.366. The summed E-state index contributed by atoms with van der Waals surface area (Å²) >= 11 is 23.6. The second-order valence-corrected chi connectivity index (χ2v) is 34.6. The smallest absolute Gasteiger partial charge is 0.227 e. The van der Waals surface area contributed by atoms with E-state index >= 15 is 0 Å². The molecule has 5 fully saturated rings. The van der Waals surface area contributed by atoms with Crippen molar-refractivity contribution in [2.24, 2.45) is 5.92 Å². The van der Waals surface area contributed by atoms with Gasteiger partial charge in [-0.3, -0.25) is 9.69 Å². The van der Waals surface area contributed by atoms with Crippen LogP contribution < -0.4 is 29.5 Å². The maximum absolute atomic E-state index is 13.9. The first-order valence-corrected chi connectivity index (χ1v) is 44.8. The van der Waals surface area contributed by atoms with Crippen molar-refractivity contribution in [1.82, 2.24) is 34.6 Å². The zero-order chi connectivity index (χ0) is 86.5. The molecule has 0 radical (unpaired) electrons. The van der Waals surface area contributed by atoms with Crippen molar-refractivity contribution in [3.05, 3.63) is 266 Å². The standard InChI is InChI=1S/C26H27FN4O.C26H29N5OS.C26H28N4OS.C23H26ClNS/c1-2-6-19-9-10-24-21(15-19)16-22(18-28)26(29-24)31-12-5-11-30(13-14-31)25(32)17-20-7-3-4-8-23(20)27;1-4-32-24-9-6-5-8-22(24)29-26(33)31-11-7-10-30(12-13-31)25-21(17-27)16-20-14-18(2)19(3)15-23(20)28-25;1-18-13-19(2)22-15-21(17-27)26(28-23(22)14-18)30-10-6-9-29(11-12-30)25(32)16-20-7-4-5-8-24(20)31-3;24-23-9-5-4-8-19(23)15-22(26)14-18-12-20-10-11-21(13-18)25(20)16-17-6-2-1-3-7-17/h3-4,7-10,15-16H,2,5-6,11-14,17H2,1H3;5-6,8-9,14-16H,4,7,10-13H2,1-3H3,(H,29,33);4-5,7-8,13-15H,6,9-12,16H2,1-3H3;1-9,18,20-21H,10-16H2. The molecule has 17 nitrogen and oxygen atoms in total. The monoisotopic (exact) mass is 1720 g/mol. The molecule has 0 spiro atoms. The summed E-state index contributed by atoms with van der Waals surface area (Å²) in [6, 6.07) is 70.3. The average molecular weight is 1720 g/mol. The number of anilines is 4. The van der Waals surface area contributed by atoms with Gasteiger partial charge in [0.2, 0.25) is 5.91 Å². The summed E-state index contributed by atoms with van der Waals surface area (Å²) in [7, 11) is 1.69. The van der Waals surface area contributed by atoms with Crippen LogP contribution in [0.3, 0.4) is 0 Å². The summed E-state index contributed by atoms with van der Waals surface area (Å²) in [4.78, 5) is 45.0. The molecule has 0 aliphatic carbocycles.